The van der Waals surface area contributed by atoms with Crippen LogP contribution in [0.15, 0.2) is 54.6 Å². The first kappa shape index (κ1) is 21.5. The highest BCUT2D eigenvalue weighted by Crippen LogP contribution is 2.35. The Morgan fingerprint density at radius 1 is 1.32 bits per heavy atom. The molecule has 0 aromatic heterocycles. The van der Waals surface area contributed by atoms with Gasteiger partial charge in [-0.15, -0.1) is 0 Å². The molecule has 0 fully saturated rings. The number of hydrogen-bond acceptors (Lipinski definition) is 4. The van der Waals surface area contributed by atoms with Gasteiger partial charge in [-0.3, -0.25) is 4.79 Å². The van der Waals surface area contributed by atoms with E-state index in [1.54, 1.807) is 18.2 Å². The third-order valence-electron chi connectivity index (χ3n) is 3.75. The number of ether oxygens (including phenoxy) is 2. The van der Waals surface area contributed by atoms with Crippen LogP contribution in [0, 0.1) is 21.8 Å². The molecule has 0 atom stereocenters. The van der Waals surface area contributed by atoms with E-state index in [4.69, 9.17) is 9.47 Å². The number of nitrogens with zero attached hydrogens (tertiary/aromatic N) is 1. The van der Waals surface area contributed by atoms with Crippen LogP contribution in [0.25, 0.3) is 6.08 Å². The average Bonchev–Trinajstić information content (AvgIpc) is 2.67. The van der Waals surface area contributed by atoms with Gasteiger partial charge in [0.15, 0.2) is 11.5 Å². The lowest BCUT2D eigenvalue weighted by molar-refractivity contribution is -0.112. The van der Waals surface area contributed by atoms with Gasteiger partial charge in [-0.05, 0) is 71.8 Å². The number of carbonyl (C=O) groups is 1. The molecule has 5 nitrogen and oxygen atoms in total. The Morgan fingerprint density at radius 2 is 2.07 bits per heavy atom. The first-order valence-electron chi connectivity index (χ1n) is 8.69. The van der Waals surface area contributed by atoms with Crippen LogP contribution in [0.5, 0.6) is 11.5 Å². The minimum Gasteiger partial charge on any atom is -0.490 e. The van der Waals surface area contributed by atoms with Crippen molar-refractivity contribution < 1.29 is 14.3 Å². The molecule has 2 rings (SSSR count). The predicted octanol–water partition coefficient (Wildman–Crippen LogP) is 5.11. The largest absolute Gasteiger partial charge is 0.490 e. The number of nitrogens with one attached hydrogen (secondary N) is 1. The van der Waals surface area contributed by atoms with Gasteiger partial charge in [-0.1, -0.05) is 30.9 Å². The quantitative estimate of drug-likeness (QED) is 0.243. The third-order valence-corrected chi connectivity index (χ3v) is 4.55. The second kappa shape index (κ2) is 10.5. The topological polar surface area (TPSA) is 71.3 Å². The number of aryl methyl sites for hydroxylation is 1. The van der Waals surface area contributed by atoms with Gasteiger partial charge in [-0.25, -0.2) is 0 Å². The third kappa shape index (κ3) is 5.60. The fourth-order valence-corrected chi connectivity index (χ4v) is 3.22. The molecule has 0 aliphatic carbocycles. The molecule has 28 heavy (non-hydrogen) atoms. The molecule has 144 valence electrons. The molecule has 1 amide bonds. The van der Waals surface area contributed by atoms with Crippen molar-refractivity contribution in [1.29, 1.82) is 5.26 Å². The molecule has 0 saturated carbocycles. The van der Waals surface area contributed by atoms with Gasteiger partial charge in [0.2, 0.25) is 0 Å². The Hall–Kier alpha value is -2.79. The van der Waals surface area contributed by atoms with E-state index in [0.29, 0.717) is 36.0 Å². The zero-order valence-corrected chi connectivity index (χ0v) is 17.9. The summed E-state index contributed by atoms with van der Waals surface area (Å²) in [5.41, 5.74) is 2.27. The van der Waals surface area contributed by atoms with Crippen LogP contribution in [0.2, 0.25) is 0 Å². The number of hydrogen-bond donors (Lipinski definition) is 1. The highest BCUT2D eigenvalue weighted by Gasteiger charge is 2.14. The minimum atomic E-state index is -0.461. The van der Waals surface area contributed by atoms with E-state index >= 15 is 0 Å². The standard InChI is InChI=1S/C22H21IN2O3/c1-4-10-28-21-18(23)12-16(13-20(21)27-5-2)11-17(14-24)22(26)25-19-9-7-6-8-15(19)3/h4,6-9,11-13H,1,5,10H2,2-3H3,(H,25,26)/b17-11-. The summed E-state index contributed by atoms with van der Waals surface area (Å²) >= 11 is 2.14. The summed E-state index contributed by atoms with van der Waals surface area (Å²) in [5.74, 6) is 0.707. The smallest absolute Gasteiger partial charge is 0.266 e. The second-order valence-corrected chi connectivity index (χ2v) is 6.96. The van der Waals surface area contributed by atoms with E-state index in [1.165, 1.54) is 6.08 Å². The molecule has 0 spiro atoms. The van der Waals surface area contributed by atoms with Crippen LogP contribution in [0.1, 0.15) is 18.1 Å². The number of nitriles is 1. The Labute approximate surface area is 178 Å². The predicted molar refractivity (Wildman–Crippen MR) is 119 cm³/mol. The highest BCUT2D eigenvalue weighted by atomic mass is 127. The summed E-state index contributed by atoms with van der Waals surface area (Å²) in [7, 11) is 0. The number of benzene rings is 2. The van der Waals surface area contributed by atoms with Gasteiger partial charge >= 0.3 is 0 Å². The zero-order chi connectivity index (χ0) is 20.5. The van der Waals surface area contributed by atoms with E-state index in [1.807, 2.05) is 44.2 Å². The molecule has 0 radical (unpaired) electrons. The van der Waals surface area contributed by atoms with Gasteiger partial charge in [0, 0.05) is 5.69 Å². The first-order valence-corrected chi connectivity index (χ1v) is 9.76. The number of anilines is 1. The Morgan fingerprint density at radius 3 is 2.71 bits per heavy atom. The van der Waals surface area contributed by atoms with Gasteiger partial charge in [0.1, 0.15) is 18.2 Å². The molecular formula is C22H21IN2O3. The second-order valence-electron chi connectivity index (χ2n) is 5.80. The molecule has 2 aromatic rings. The Kier molecular flexibility index (Phi) is 8.08. The van der Waals surface area contributed by atoms with E-state index in [-0.39, 0.29) is 5.57 Å². The Bertz CT molecular complexity index is 945. The van der Waals surface area contributed by atoms with E-state index in [9.17, 15) is 10.1 Å². The molecular weight excluding hydrogens is 467 g/mol. The summed E-state index contributed by atoms with van der Waals surface area (Å²) in [4.78, 5) is 12.5. The van der Waals surface area contributed by atoms with Crippen molar-refractivity contribution in [2.24, 2.45) is 0 Å². The fourth-order valence-electron chi connectivity index (χ4n) is 2.43. The number of para-hydroxylation sites is 1. The summed E-state index contributed by atoms with van der Waals surface area (Å²) < 4.78 is 12.2. The molecule has 2 aromatic carbocycles. The van der Waals surface area contributed by atoms with Crippen molar-refractivity contribution in [3.8, 4) is 17.6 Å². The van der Waals surface area contributed by atoms with Gasteiger partial charge < -0.3 is 14.8 Å². The Balaban J connectivity index is 2.35. The molecule has 0 aliphatic rings. The summed E-state index contributed by atoms with van der Waals surface area (Å²) in [5, 5.41) is 12.2. The monoisotopic (exact) mass is 488 g/mol. The van der Waals surface area contributed by atoms with Crippen molar-refractivity contribution >= 4 is 40.3 Å². The lowest BCUT2D eigenvalue weighted by Gasteiger charge is -2.14. The SMILES string of the molecule is C=CCOc1c(I)cc(/C=C(/C#N)C(=O)Nc2ccccc2C)cc1OCC. The minimum absolute atomic E-state index is 0.00117. The number of halogens is 1. The lowest BCUT2D eigenvalue weighted by Crippen LogP contribution is -2.14. The van der Waals surface area contributed by atoms with E-state index < -0.39 is 5.91 Å². The highest BCUT2D eigenvalue weighted by molar-refractivity contribution is 14.1. The summed E-state index contributed by atoms with van der Waals surface area (Å²) in [6, 6.07) is 13.0. The number of carbonyl (C=O) groups excluding carboxylic acids is 1. The molecule has 1 N–H and O–H groups in total. The first-order chi connectivity index (χ1) is 13.5. The van der Waals surface area contributed by atoms with Crippen LogP contribution in [-0.4, -0.2) is 19.1 Å². The van der Waals surface area contributed by atoms with Crippen molar-refractivity contribution in [2.45, 2.75) is 13.8 Å². The maximum absolute atomic E-state index is 12.5. The van der Waals surface area contributed by atoms with Crippen molar-refractivity contribution in [3.05, 3.63) is 69.3 Å². The molecule has 0 bridgehead atoms. The summed E-state index contributed by atoms with van der Waals surface area (Å²) in [6.45, 7) is 8.24. The maximum Gasteiger partial charge on any atom is 0.266 e. The summed E-state index contributed by atoms with van der Waals surface area (Å²) in [6.07, 6.45) is 3.19. The van der Waals surface area contributed by atoms with Gasteiger partial charge in [0.05, 0.1) is 10.2 Å². The molecule has 0 aliphatic heterocycles. The van der Waals surface area contributed by atoms with Crippen molar-refractivity contribution in [1.82, 2.24) is 0 Å². The van der Waals surface area contributed by atoms with Crippen molar-refractivity contribution in [2.75, 3.05) is 18.5 Å². The van der Waals surface area contributed by atoms with Crippen LogP contribution in [-0.2, 0) is 4.79 Å². The normalized spacial score (nSPS) is 10.7. The van der Waals surface area contributed by atoms with Crippen LogP contribution < -0.4 is 14.8 Å². The zero-order valence-electron chi connectivity index (χ0n) is 15.8. The van der Waals surface area contributed by atoms with E-state index in [0.717, 1.165) is 9.13 Å². The molecule has 0 heterocycles. The van der Waals surface area contributed by atoms with Crippen LogP contribution in [0.4, 0.5) is 5.69 Å². The molecule has 6 heteroatoms. The van der Waals surface area contributed by atoms with Gasteiger partial charge in [-0.2, -0.15) is 5.26 Å². The molecule has 0 unspecified atom stereocenters. The van der Waals surface area contributed by atoms with Gasteiger partial charge in [0.25, 0.3) is 5.91 Å². The average molecular weight is 488 g/mol. The van der Waals surface area contributed by atoms with Crippen LogP contribution >= 0.6 is 22.6 Å². The maximum atomic E-state index is 12.5. The molecule has 0 saturated heterocycles. The number of rotatable bonds is 8. The van der Waals surface area contributed by atoms with Crippen LogP contribution in [0.3, 0.4) is 0 Å². The van der Waals surface area contributed by atoms with Crippen molar-refractivity contribution in [3.63, 3.8) is 0 Å². The number of amides is 1. The lowest BCUT2D eigenvalue weighted by atomic mass is 10.1. The van der Waals surface area contributed by atoms with E-state index in [2.05, 4.69) is 34.5 Å². The fraction of sp³-hybridized carbons (Fsp3) is 0.182.